The lowest BCUT2D eigenvalue weighted by Crippen LogP contribution is -3.00. The first-order chi connectivity index (χ1) is 8.07. The second-order valence-corrected chi connectivity index (χ2v) is 4.91. The van der Waals surface area contributed by atoms with Crippen LogP contribution in [0.2, 0.25) is 0 Å². The van der Waals surface area contributed by atoms with Crippen molar-refractivity contribution in [2.24, 2.45) is 0 Å². The molecule has 0 spiro atoms. The average Bonchev–Trinajstić information content (AvgIpc) is 2.68. The smallest absolute Gasteiger partial charge is 0.280 e. The van der Waals surface area contributed by atoms with Gasteiger partial charge < -0.3 is 36.4 Å². The lowest BCUT2D eigenvalue weighted by Gasteiger charge is -2.39. The van der Waals surface area contributed by atoms with Crippen molar-refractivity contribution in [3.8, 4) is 0 Å². The number of halogens is 1. The van der Waals surface area contributed by atoms with Crippen molar-refractivity contribution in [1.29, 1.82) is 0 Å². The maximum atomic E-state index is 11.8. The van der Waals surface area contributed by atoms with E-state index in [-0.39, 0.29) is 29.0 Å². The minimum absolute atomic E-state index is 0. The van der Waals surface area contributed by atoms with Crippen molar-refractivity contribution >= 4 is 11.7 Å². The molecule has 1 aliphatic heterocycles. The minimum Gasteiger partial charge on any atom is -1.00 e. The van der Waals surface area contributed by atoms with Crippen LogP contribution in [0.5, 0.6) is 0 Å². The van der Waals surface area contributed by atoms with E-state index in [1.165, 1.54) is 6.26 Å². The van der Waals surface area contributed by atoms with Crippen molar-refractivity contribution in [2.45, 2.75) is 18.9 Å². The van der Waals surface area contributed by atoms with Crippen LogP contribution in [0.25, 0.3) is 0 Å². The van der Waals surface area contributed by atoms with Crippen LogP contribution in [0.15, 0.2) is 16.9 Å². The average molecular weight is 320 g/mol. The monoisotopic (exact) mass is 319 g/mol. The lowest BCUT2D eigenvalue weighted by molar-refractivity contribution is -0.909. The SMILES string of the molecule is C[N+]1(CC(=O)Nc2ccon2)CCC[C@@H](O)C1.[Br-]. The maximum Gasteiger partial charge on any atom is 0.280 e. The van der Waals surface area contributed by atoms with E-state index in [1.807, 2.05) is 7.05 Å². The molecule has 6 nitrogen and oxygen atoms in total. The Morgan fingerprint density at radius 2 is 2.50 bits per heavy atom. The zero-order valence-corrected chi connectivity index (χ0v) is 11.9. The fraction of sp³-hybridized carbons (Fsp3) is 0.636. The predicted molar refractivity (Wildman–Crippen MR) is 61.2 cm³/mol. The van der Waals surface area contributed by atoms with E-state index in [9.17, 15) is 9.90 Å². The van der Waals surface area contributed by atoms with Gasteiger partial charge in [-0.05, 0) is 12.8 Å². The molecule has 2 rings (SSSR count). The number of hydrogen-bond donors (Lipinski definition) is 2. The fourth-order valence-electron chi connectivity index (χ4n) is 2.35. The third-order valence-electron chi connectivity index (χ3n) is 3.12. The summed E-state index contributed by atoms with van der Waals surface area (Å²) >= 11 is 0. The Kier molecular flexibility index (Phi) is 5.30. The van der Waals surface area contributed by atoms with Crippen LogP contribution in [0.3, 0.4) is 0 Å². The minimum atomic E-state index is -0.298. The molecule has 102 valence electrons. The Morgan fingerprint density at radius 3 is 3.11 bits per heavy atom. The molecule has 0 bridgehead atoms. The molecule has 1 fully saturated rings. The number of likely N-dealkylation sites (N-methyl/N-ethyl adjacent to an activating group) is 1. The van der Waals surface area contributed by atoms with Gasteiger partial charge in [0.05, 0.1) is 13.6 Å². The number of aromatic nitrogens is 1. The van der Waals surface area contributed by atoms with Crippen molar-refractivity contribution in [1.82, 2.24) is 5.16 Å². The molecule has 1 saturated heterocycles. The summed E-state index contributed by atoms with van der Waals surface area (Å²) in [5.74, 6) is 0.328. The van der Waals surface area contributed by atoms with E-state index in [0.717, 1.165) is 19.4 Å². The lowest BCUT2D eigenvalue weighted by atomic mass is 10.1. The summed E-state index contributed by atoms with van der Waals surface area (Å²) < 4.78 is 5.21. The summed E-state index contributed by atoms with van der Waals surface area (Å²) in [6.45, 7) is 1.90. The van der Waals surface area contributed by atoms with Gasteiger partial charge in [0, 0.05) is 6.07 Å². The highest BCUT2D eigenvalue weighted by molar-refractivity contribution is 5.90. The van der Waals surface area contributed by atoms with Crippen molar-refractivity contribution in [3.05, 3.63) is 12.3 Å². The molecule has 2 heterocycles. The van der Waals surface area contributed by atoms with Gasteiger partial charge in [-0.1, -0.05) is 5.16 Å². The van der Waals surface area contributed by atoms with E-state index in [1.54, 1.807) is 6.07 Å². The van der Waals surface area contributed by atoms with Gasteiger partial charge in [-0.25, -0.2) is 0 Å². The predicted octanol–water partition coefficient (Wildman–Crippen LogP) is -2.78. The van der Waals surface area contributed by atoms with E-state index >= 15 is 0 Å². The number of carbonyl (C=O) groups excluding carboxylic acids is 1. The van der Waals surface area contributed by atoms with E-state index in [0.29, 0.717) is 23.4 Å². The highest BCUT2D eigenvalue weighted by Crippen LogP contribution is 2.16. The summed E-state index contributed by atoms with van der Waals surface area (Å²) in [5, 5.41) is 15.9. The number of nitrogens with one attached hydrogen (secondary N) is 1. The highest BCUT2D eigenvalue weighted by Gasteiger charge is 2.32. The topological polar surface area (TPSA) is 75.4 Å². The zero-order chi connectivity index (χ0) is 12.3. The van der Waals surface area contributed by atoms with Gasteiger partial charge in [0.1, 0.15) is 18.9 Å². The fourth-order valence-corrected chi connectivity index (χ4v) is 2.35. The molecular weight excluding hydrogens is 302 g/mol. The Hall–Kier alpha value is -0.920. The molecule has 2 N–H and O–H groups in total. The Bertz CT molecular complexity index is 385. The number of piperidine rings is 1. The van der Waals surface area contributed by atoms with Gasteiger partial charge in [0.15, 0.2) is 12.4 Å². The number of hydrogen-bond acceptors (Lipinski definition) is 4. The van der Waals surface area contributed by atoms with Crippen molar-refractivity contribution < 1.29 is 35.9 Å². The Labute approximate surface area is 116 Å². The maximum absolute atomic E-state index is 11.8. The molecule has 1 aliphatic rings. The van der Waals surface area contributed by atoms with Gasteiger partial charge in [-0.2, -0.15) is 0 Å². The number of rotatable bonds is 3. The summed E-state index contributed by atoms with van der Waals surface area (Å²) in [5.41, 5.74) is 0. The second-order valence-electron chi connectivity index (χ2n) is 4.91. The van der Waals surface area contributed by atoms with Crippen LogP contribution >= 0.6 is 0 Å². The summed E-state index contributed by atoms with van der Waals surface area (Å²) in [7, 11) is 1.99. The first-order valence-corrected chi connectivity index (χ1v) is 5.79. The van der Waals surface area contributed by atoms with Crippen LogP contribution in [-0.4, -0.2) is 53.4 Å². The molecule has 0 aliphatic carbocycles. The van der Waals surface area contributed by atoms with E-state index < -0.39 is 0 Å². The molecule has 0 aromatic carbocycles. The zero-order valence-electron chi connectivity index (χ0n) is 10.3. The molecule has 0 saturated carbocycles. The van der Waals surface area contributed by atoms with Crippen molar-refractivity contribution in [3.63, 3.8) is 0 Å². The normalized spacial score (nSPS) is 27.3. The van der Waals surface area contributed by atoms with Crippen LogP contribution < -0.4 is 22.3 Å². The third-order valence-corrected chi connectivity index (χ3v) is 3.12. The number of quaternary nitrogens is 1. The van der Waals surface area contributed by atoms with Crippen molar-refractivity contribution in [2.75, 3.05) is 32.0 Å². The number of aliphatic hydroxyl groups is 1. The van der Waals surface area contributed by atoms with Gasteiger partial charge >= 0.3 is 0 Å². The molecule has 18 heavy (non-hydrogen) atoms. The second kappa shape index (κ2) is 6.31. The van der Waals surface area contributed by atoms with Gasteiger partial charge in [0.25, 0.3) is 5.91 Å². The van der Waals surface area contributed by atoms with Gasteiger partial charge in [0.2, 0.25) is 0 Å². The first kappa shape index (κ1) is 15.1. The van der Waals surface area contributed by atoms with E-state index in [4.69, 9.17) is 0 Å². The Morgan fingerprint density at radius 1 is 1.72 bits per heavy atom. The standard InChI is InChI=1S/C11H17N3O3.BrH/c1-14(5-2-3-9(15)7-14)8-11(16)12-10-4-6-17-13-10;/h4,6,9,15H,2-3,5,7-8H2,1H3;1H/t9-,14?;/m1./s1. The molecule has 2 atom stereocenters. The number of nitrogens with zero attached hydrogens (tertiary/aromatic N) is 2. The molecule has 1 aromatic rings. The molecule has 0 radical (unpaired) electrons. The number of likely N-dealkylation sites (tertiary alicyclic amines) is 1. The van der Waals surface area contributed by atoms with Crippen LogP contribution in [0.1, 0.15) is 12.8 Å². The van der Waals surface area contributed by atoms with Crippen LogP contribution in [0.4, 0.5) is 5.82 Å². The molecular formula is C11H18BrN3O3. The Balaban J connectivity index is 0.00000162. The van der Waals surface area contributed by atoms with Gasteiger partial charge in [-0.15, -0.1) is 0 Å². The summed E-state index contributed by atoms with van der Waals surface area (Å²) in [6.07, 6.45) is 2.90. The van der Waals surface area contributed by atoms with Crippen LogP contribution in [0, 0.1) is 0 Å². The largest absolute Gasteiger partial charge is 1.00 e. The first-order valence-electron chi connectivity index (χ1n) is 5.79. The molecule has 1 aromatic heterocycles. The summed E-state index contributed by atoms with van der Waals surface area (Å²) in [6, 6.07) is 1.60. The van der Waals surface area contributed by atoms with Gasteiger partial charge in [-0.3, -0.25) is 4.79 Å². The number of aliphatic hydroxyl groups excluding tert-OH is 1. The highest BCUT2D eigenvalue weighted by atomic mass is 79.9. The third kappa shape index (κ3) is 4.08. The number of carbonyl (C=O) groups is 1. The molecule has 1 unspecified atom stereocenters. The number of amides is 1. The molecule has 7 heteroatoms. The number of anilines is 1. The quantitative estimate of drug-likeness (QED) is 0.591. The van der Waals surface area contributed by atoms with Crippen LogP contribution in [-0.2, 0) is 4.79 Å². The van der Waals surface area contributed by atoms with E-state index in [2.05, 4.69) is 15.0 Å². The molecule has 1 amide bonds. The summed E-state index contributed by atoms with van der Waals surface area (Å²) in [4.78, 5) is 11.8.